The first kappa shape index (κ1) is 12.0. The largest absolute Gasteiger partial charge is 0.391 e. The standard InChI is InChI=1S/C16H16N2O/c1-11-16(19)8-9-18(11)15-7-6-12(10-17)13-4-2-3-5-14(13)15/h2-7,11,16,19H,8-9H2,1H3/t11-,16-/m1/s1. The van der Waals surface area contributed by atoms with E-state index in [1.165, 1.54) is 0 Å². The number of aliphatic hydroxyl groups excluding tert-OH is 1. The molecule has 1 fully saturated rings. The summed E-state index contributed by atoms with van der Waals surface area (Å²) in [6.07, 6.45) is 0.532. The van der Waals surface area contributed by atoms with E-state index >= 15 is 0 Å². The van der Waals surface area contributed by atoms with Crippen LogP contribution >= 0.6 is 0 Å². The predicted octanol–water partition coefficient (Wildman–Crippen LogP) is 2.67. The number of fused-ring (bicyclic) bond motifs is 1. The Hall–Kier alpha value is -2.05. The average Bonchev–Trinajstić information content (AvgIpc) is 2.78. The summed E-state index contributed by atoms with van der Waals surface area (Å²) in [5, 5.41) is 21.2. The van der Waals surface area contributed by atoms with Gasteiger partial charge in [0.2, 0.25) is 0 Å². The molecule has 3 heteroatoms. The van der Waals surface area contributed by atoms with Gasteiger partial charge in [0.25, 0.3) is 0 Å². The molecule has 96 valence electrons. The van der Waals surface area contributed by atoms with Gasteiger partial charge in [-0.3, -0.25) is 0 Å². The van der Waals surface area contributed by atoms with Gasteiger partial charge >= 0.3 is 0 Å². The summed E-state index contributed by atoms with van der Waals surface area (Å²) in [6.45, 7) is 2.91. The molecular weight excluding hydrogens is 236 g/mol. The van der Waals surface area contributed by atoms with E-state index in [1.54, 1.807) is 0 Å². The molecule has 0 radical (unpaired) electrons. The van der Waals surface area contributed by atoms with Crippen LogP contribution in [-0.4, -0.2) is 23.8 Å². The molecule has 0 aromatic heterocycles. The Labute approximate surface area is 112 Å². The van der Waals surface area contributed by atoms with Crippen LogP contribution in [0.3, 0.4) is 0 Å². The normalized spacial score (nSPS) is 22.7. The molecule has 3 nitrogen and oxygen atoms in total. The first-order chi connectivity index (χ1) is 9.22. The van der Waals surface area contributed by atoms with Crippen molar-refractivity contribution in [1.82, 2.24) is 0 Å². The maximum absolute atomic E-state index is 9.91. The molecule has 0 aliphatic carbocycles. The molecule has 1 N–H and O–H groups in total. The number of hydrogen-bond donors (Lipinski definition) is 1. The van der Waals surface area contributed by atoms with Crippen molar-refractivity contribution in [3.8, 4) is 6.07 Å². The molecule has 3 rings (SSSR count). The molecule has 1 aliphatic heterocycles. The molecule has 0 amide bonds. The van der Waals surface area contributed by atoms with Gasteiger partial charge < -0.3 is 10.0 Å². The first-order valence-electron chi connectivity index (χ1n) is 6.59. The molecule has 19 heavy (non-hydrogen) atoms. The summed E-state index contributed by atoms with van der Waals surface area (Å²) in [6, 6.07) is 14.2. The molecule has 1 heterocycles. The molecule has 0 bridgehead atoms. The van der Waals surface area contributed by atoms with Gasteiger partial charge in [-0.2, -0.15) is 5.26 Å². The Kier molecular flexibility index (Phi) is 2.88. The SMILES string of the molecule is C[C@@H]1[C@H](O)CCN1c1ccc(C#N)c2ccccc12. The van der Waals surface area contributed by atoms with Crippen molar-refractivity contribution in [3.63, 3.8) is 0 Å². The van der Waals surface area contributed by atoms with Crippen LogP contribution in [0.5, 0.6) is 0 Å². The highest BCUT2D eigenvalue weighted by atomic mass is 16.3. The fraction of sp³-hybridized carbons (Fsp3) is 0.312. The third-order valence-electron chi connectivity index (χ3n) is 4.05. The van der Waals surface area contributed by atoms with Gasteiger partial charge in [0, 0.05) is 23.0 Å². The highest BCUT2D eigenvalue weighted by Gasteiger charge is 2.30. The lowest BCUT2D eigenvalue weighted by Gasteiger charge is -2.26. The lowest BCUT2D eigenvalue weighted by atomic mass is 10.0. The number of rotatable bonds is 1. The van der Waals surface area contributed by atoms with E-state index in [4.69, 9.17) is 0 Å². The number of benzene rings is 2. The van der Waals surface area contributed by atoms with Crippen molar-refractivity contribution < 1.29 is 5.11 Å². The molecule has 2 aromatic rings. The van der Waals surface area contributed by atoms with Gasteiger partial charge in [-0.15, -0.1) is 0 Å². The predicted molar refractivity (Wildman–Crippen MR) is 76.1 cm³/mol. The summed E-state index contributed by atoms with van der Waals surface area (Å²) < 4.78 is 0. The minimum absolute atomic E-state index is 0.122. The smallest absolute Gasteiger partial charge is 0.0998 e. The second-order valence-electron chi connectivity index (χ2n) is 5.08. The fourth-order valence-corrected chi connectivity index (χ4v) is 2.89. The number of aliphatic hydroxyl groups is 1. The Morgan fingerprint density at radius 2 is 1.95 bits per heavy atom. The van der Waals surface area contributed by atoms with E-state index in [9.17, 15) is 10.4 Å². The van der Waals surface area contributed by atoms with Gasteiger partial charge in [-0.25, -0.2) is 0 Å². The van der Waals surface area contributed by atoms with Crippen molar-refractivity contribution >= 4 is 16.5 Å². The van der Waals surface area contributed by atoms with E-state index < -0.39 is 0 Å². The van der Waals surface area contributed by atoms with Crippen LogP contribution in [0.25, 0.3) is 10.8 Å². The zero-order valence-electron chi connectivity index (χ0n) is 10.9. The maximum Gasteiger partial charge on any atom is 0.0998 e. The fourth-order valence-electron chi connectivity index (χ4n) is 2.89. The van der Waals surface area contributed by atoms with Gasteiger partial charge in [0.1, 0.15) is 0 Å². The lowest BCUT2D eigenvalue weighted by molar-refractivity contribution is 0.170. The summed E-state index contributed by atoms with van der Waals surface area (Å²) in [7, 11) is 0. The molecule has 2 aromatic carbocycles. The van der Waals surface area contributed by atoms with Gasteiger partial charge in [-0.05, 0) is 25.5 Å². The molecule has 1 saturated heterocycles. The van der Waals surface area contributed by atoms with Crippen LogP contribution in [0.1, 0.15) is 18.9 Å². The maximum atomic E-state index is 9.91. The highest BCUT2D eigenvalue weighted by Crippen LogP contribution is 2.33. The van der Waals surface area contributed by atoms with E-state index in [0.717, 1.165) is 29.4 Å². The zero-order valence-corrected chi connectivity index (χ0v) is 10.9. The summed E-state index contributed by atoms with van der Waals surface area (Å²) in [4.78, 5) is 2.23. The zero-order chi connectivity index (χ0) is 13.4. The molecule has 1 aliphatic rings. The van der Waals surface area contributed by atoms with Crippen molar-refractivity contribution in [3.05, 3.63) is 42.0 Å². The number of hydrogen-bond acceptors (Lipinski definition) is 3. The van der Waals surface area contributed by atoms with Crippen LogP contribution < -0.4 is 4.90 Å². The van der Waals surface area contributed by atoms with Crippen LogP contribution in [0, 0.1) is 11.3 Å². The van der Waals surface area contributed by atoms with Crippen LogP contribution in [-0.2, 0) is 0 Å². The molecule has 0 saturated carbocycles. The number of nitrogens with zero attached hydrogens (tertiary/aromatic N) is 2. The Morgan fingerprint density at radius 3 is 2.58 bits per heavy atom. The summed E-state index contributed by atoms with van der Waals surface area (Å²) >= 11 is 0. The van der Waals surface area contributed by atoms with Crippen LogP contribution in [0.15, 0.2) is 36.4 Å². The van der Waals surface area contributed by atoms with E-state index in [-0.39, 0.29) is 12.1 Å². The minimum Gasteiger partial charge on any atom is -0.391 e. The third kappa shape index (κ3) is 1.85. The Balaban J connectivity index is 2.18. The summed E-state index contributed by atoms with van der Waals surface area (Å²) in [5.74, 6) is 0. The second kappa shape index (κ2) is 4.56. The van der Waals surface area contributed by atoms with E-state index in [1.807, 2.05) is 43.3 Å². The summed E-state index contributed by atoms with van der Waals surface area (Å²) in [5.41, 5.74) is 1.81. The Bertz CT molecular complexity index is 659. The van der Waals surface area contributed by atoms with Crippen LogP contribution in [0.2, 0.25) is 0 Å². The molecule has 0 spiro atoms. The minimum atomic E-state index is -0.269. The number of nitriles is 1. The first-order valence-corrected chi connectivity index (χ1v) is 6.59. The quantitative estimate of drug-likeness (QED) is 0.848. The highest BCUT2D eigenvalue weighted by molar-refractivity contribution is 5.98. The van der Waals surface area contributed by atoms with Crippen LogP contribution in [0.4, 0.5) is 5.69 Å². The monoisotopic (exact) mass is 252 g/mol. The van der Waals surface area contributed by atoms with Gasteiger partial charge in [0.15, 0.2) is 0 Å². The van der Waals surface area contributed by atoms with Gasteiger partial charge in [0.05, 0.1) is 23.8 Å². The lowest BCUT2D eigenvalue weighted by Crippen LogP contribution is -2.32. The molecule has 2 atom stereocenters. The molecular formula is C16H16N2O. The van der Waals surface area contributed by atoms with E-state index in [0.29, 0.717) is 5.56 Å². The van der Waals surface area contributed by atoms with Crippen molar-refractivity contribution in [2.45, 2.75) is 25.5 Å². The average molecular weight is 252 g/mol. The van der Waals surface area contributed by atoms with Crippen molar-refractivity contribution in [2.75, 3.05) is 11.4 Å². The topological polar surface area (TPSA) is 47.3 Å². The van der Waals surface area contributed by atoms with E-state index in [2.05, 4.69) is 11.0 Å². The number of anilines is 1. The third-order valence-corrected chi connectivity index (χ3v) is 4.05. The second-order valence-corrected chi connectivity index (χ2v) is 5.08. The van der Waals surface area contributed by atoms with Crippen molar-refractivity contribution in [2.24, 2.45) is 0 Å². The van der Waals surface area contributed by atoms with Gasteiger partial charge in [-0.1, -0.05) is 24.3 Å². The Morgan fingerprint density at radius 1 is 1.21 bits per heavy atom. The molecule has 0 unspecified atom stereocenters. The van der Waals surface area contributed by atoms with Crippen molar-refractivity contribution in [1.29, 1.82) is 5.26 Å².